The number of hydrogen-bond donors (Lipinski definition) is 2. The van der Waals surface area contributed by atoms with Gasteiger partial charge >= 0.3 is 0 Å². The number of aromatic nitrogens is 1. The maximum absolute atomic E-state index is 4.71. The highest BCUT2D eigenvalue weighted by Crippen LogP contribution is 2.23. The summed E-state index contributed by atoms with van der Waals surface area (Å²) in [7, 11) is 4.01. The Kier molecular flexibility index (Phi) is 9.39. The monoisotopic (exact) mass is 445 g/mol. The molecule has 0 atom stereocenters. The van der Waals surface area contributed by atoms with Crippen molar-refractivity contribution in [2.75, 3.05) is 25.5 Å². The molecular formula is C18H32IN5. The van der Waals surface area contributed by atoms with Crippen LogP contribution >= 0.6 is 24.0 Å². The van der Waals surface area contributed by atoms with E-state index in [-0.39, 0.29) is 24.0 Å². The van der Waals surface area contributed by atoms with Crippen LogP contribution < -0.4 is 15.5 Å². The highest BCUT2D eigenvalue weighted by atomic mass is 127. The van der Waals surface area contributed by atoms with Crippen LogP contribution in [-0.2, 0) is 6.54 Å². The molecule has 2 rings (SSSR count). The third-order valence-corrected chi connectivity index (χ3v) is 4.35. The second-order valence-electron chi connectivity index (χ2n) is 6.68. The molecule has 1 fully saturated rings. The van der Waals surface area contributed by atoms with E-state index in [2.05, 4.69) is 29.5 Å². The second-order valence-corrected chi connectivity index (χ2v) is 6.68. The molecule has 1 heterocycles. The Morgan fingerprint density at radius 2 is 1.96 bits per heavy atom. The number of nitrogens with one attached hydrogen (secondary N) is 2. The molecule has 0 bridgehead atoms. The fourth-order valence-electron chi connectivity index (χ4n) is 2.88. The van der Waals surface area contributed by atoms with Gasteiger partial charge in [0.1, 0.15) is 5.82 Å². The zero-order valence-corrected chi connectivity index (χ0v) is 17.7. The van der Waals surface area contributed by atoms with Crippen LogP contribution in [0.1, 0.15) is 45.2 Å². The van der Waals surface area contributed by atoms with Crippen molar-refractivity contribution >= 4 is 35.8 Å². The van der Waals surface area contributed by atoms with Gasteiger partial charge in [-0.05, 0) is 50.7 Å². The highest BCUT2D eigenvalue weighted by molar-refractivity contribution is 14.0. The topological polar surface area (TPSA) is 52.6 Å². The lowest BCUT2D eigenvalue weighted by atomic mass is 9.87. The minimum atomic E-state index is 0. The van der Waals surface area contributed by atoms with Gasteiger partial charge in [-0.25, -0.2) is 9.98 Å². The maximum Gasteiger partial charge on any atom is 0.191 e. The molecule has 0 radical (unpaired) electrons. The summed E-state index contributed by atoms with van der Waals surface area (Å²) in [6, 6.07) is 6.63. The van der Waals surface area contributed by atoms with Gasteiger partial charge < -0.3 is 15.5 Å². The lowest BCUT2D eigenvalue weighted by molar-refractivity contribution is 0.329. The molecule has 136 valence electrons. The maximum atomic E-state index is 4.71. The molecule has 2 N–H and O–H groups in total. The first-order valence-corrected chi connectivity index (χ1v) is 8.76. The lowest BCUT2D eigenvalue weighted by Gasteiger charge is -2.28. The molecular weight excluding hydrogens is 413 g/mol. The smallest absolute Gasteiger partial charge is 0.191 e. The molecule has 0 aromatic carbocycles. The van der Waals surface area contributed by atoms with Crippen molar-refractivity contribution in [3.8, 4) is 0 Å². The molecule has 1 aliphatic carbocycles. The number of guanidine groups is 1. The molecule has 1 saturated carbocycles. The summed E-state index contributed by atoms with van der Waals surface area (Å²) in [5.74, 6) is 2.74. The summed E-state index contributed by atoms with van der Waals surface area (Å²) < 4.78 is 0. The first-order valence-electron chi connectivity index (χ1n) is 8.76. The number of aliphatic imine (C=N–C) groups is 1. The Bertz CT molecular complexity index is 510. The fourth-order valence-corrected chi connectivity index (χ4v) is 2.88. The summed E-state index contributed by atoms with van der Waals surface area (Å²) >= 11 is 0. The van der Waals surface area contributed by atoms with Crippen LogP contribution in [0.4, 0.5) is 5.82 Å². The average molecular weight is 445 g/mol. The minimum Gasteiger partial charge on any atom is -0.363 e. The Balaban J connectivity index is 0.00000288. The van der Waals surface area contributed by atoms with Crippen molar-refractivity contribution in [1.82, 2.24) is 15.6 Å². The van der Waals surface area contributed by atoms with E-state index >= 15 is 0 Å². The molecule has 1 aromatic heterocycles. The van der Waals surface area contributed by atoms with Gasteiger partial charge in [-0.15, -0.1) is 24.0 Å². The van der Waals surface area contributed by atoms with Crippen molar-refractivity contribution < 1.29 is 0 Å². The zero-order valence-electron chi connectivity index (χ0n) is 15.4. The van der Waals surface area contributed by atoms with Gasteiger partial charge in [0.15, 0.2) is 5.96 Å². The molecule has 0 unspecified atom stereocenters. The lowest BCUT2D eigenvalue weighted by Crippen LogP contribution is -2.44. The van der Waals surface area contributed by atoms with Gasteiger partial charge in [-0.1, -0.05) is 13.0 Å². The Morgan fingerprint density at radius 3 is 2.58 bits per heavy atom. The van der Waals surface area contributed by atoms with Gasteiger partial charge in [-0.3, -0.25) is 0 Å². The molecule has 1 aliphatic rings. The average Bonchev–Trinajstić information content (AvgIpc) is 2.55. The largest absolute Gasteiger partial charge is 0.363 e. The number of rotatable bonds is 5. The van der Waals surface area contributed by atoms with Crippen LogP contribution in [0.15, 0.2) is 23.2 Å². The van der Waals surface area contributed by atoms with Gasteiger partial charge in [-0.2, -0.15) is 0 Å². The Hall–Kier alpha value is -1.05. The third kappa shape index (κ3) is 6.83. The number of pyridine rings is 1. The first-order chi connectivity index (χ1) is 11.1. The van der Waals surface area contributed by atoms with E-state index in [9.17, 15) is 0 Å². The van der Waals surface area contributed by atoms with E-state index in [1.54, 1.807) is 0 Å². The summed E-state index contributed by atoms with van der Waals surface area (Å²) in [5.41, 5.74) is 0.991. The van der Waals surface area contributed by atoms with Crippen LogP contribution in [-0.4, -0.2) is 37.6 Å². The predicted octanol–water partition coefficient (Wildman–Crippen LogP) is 3.40. The Morgan fingerprint density at radius 1 is 1.25 bits per heavy atom. The second kappa shape index (κ2) is 10.7. The molecule has 6 heteroatoms. The predicted molar refractivity (Wildman–Crippen MR) is 113 cm³/mol. The standard InChI is InChI=1S/C18H31N5.HI/c1-5-19-18(22-15-11-9-14(2)10-12-15)20-13-16-7-6-8-17(21-16)23(3)4;/h6-8,14-15H,5,9-13H2,1-4H3,(H2,19,20,22);1H. The number of nitrogens with zero attached hydrogens (tertiary/aromatic N) is 3. The van der Waals surface area contributed by atoms with Gasteiger partial charge in [0.05, 0.1) is 12.2 Å². The summed E-state index contributed by atoms with van der Waals surface area (Å²) in [4.78, 5) is 11.3. The van der Waals surface area contributed by atoms with Crippen LogP contribution in [0.5, 0.6) is 0 Å². The van der Waals surface area contributed by atoms with Crippen molar-refractivity contribution in [3.63, 3.8) is 0 Å². The van der Waals surface area contributed by atoms with E-state index in [0.29, 0.717) is 12.6 Å². The summed E-state index contributed by atoms with van der Waals surface area (Å²) in [6.07, 6.45) is 5.09. The fraction of sp³-hybridized carbons (Fsp3) is 0.667. The number of halogens is 1. The van der Waals surface area contributed by atoms with E-state index in [4.69, 9.17) is 4.99 Å². The summed E-state index contributed by atoms with van der Waals surface area (Å²) in [6.45, 7) is 5.92. The third-order valence-electron chi connectivity index (χ3n) is 4.35. The van der Waals surface area contributed by atoms with Crippen LogP contribution in [0.25, 0.3) is 0 Å². The molecule has 5 nitrogen and oxygen atoms in total. The SMILES string of the molecule is CCNC(=NCc1cccc(N(C)C)n1)NC1CCC(C)CC1.I. The molecule has 0 amide bonds. The van der Waals surface area contributed by atoms with E-state index in [1.165, 1.54) is 25.7 Å². The van der Waals surface area contributed by atoms with E-state index < -0.39 is 0 Å². The van der Waals surface area contributed by atoms with Crippen LogP contribution in [0.3, 0.4) is 0 Å². The van der Waals surface area contributed by atoms with Gasteiger partial charge in [0.25, 0.3) is 0 Å². The Labute approximate surface area is 163 Å². The first kappa shape index (κ1) is 21.0. The van der Waals surface area contributed by atoms with E-state index in [1.807, 2.05) is 37.2 Å². The highest BCUT2D eigenvalue weighted by Gasteiger charge is 2.18. The van der Waals surface area contributed by atoms with E-state index in [0.717, 1.165) is 29.9 Å². The minimum absolute atomic E-state index is 0. The number of anilines is 1. The van der Waals surface area contributed by atoms with Crippen LogP contribution in [0, 0.1) is 5.92 Å². The van der Waals surface area contributed by atoms with Crippen molar-refractivity contribution in [1.29, 1.82) is 0 Å². The molecule has 1 aromatic rings. The van der Waals surface area contributed by atoms with Crippen molar-refractivity contribution in [2.24, 2.45) is 10.9 Å². The molecule has 0 saturated heterocycles. The normalized spacial score (nSPS) is 20.9. The van der Waals surface area contributed by atoms with Crippen molar-refractivity contribution in [3.05, 3.63) is 23.9 Å². The molecule has 24 heavy (non-hydrogen) atoms. The van der Waals surface area contributed by atoms with Crippen LogP contribution in [0.2, 0.25) is 0 Å². The quantitative estimate of drug-likeness (QED) is 0.415. The molecule has 0 aliphatic heterocycles. The van der Waals surface area contributed by atoms with Gasteiger partial charge in [0, 0.05) is 26.7 Å². The van der Waals surface area contributed by atoms with Crippen molar-refractivity contribution in [2.45, 2.75) is 52.1 Å². The molecule has 0 spiro atoms. The van der Waals surface area contributed by atoms with Gasteiger partial charge in [0.2, 0.25) is 0 Å². The zero-order chi connectivity index (χ0) is 16.7. The number of hydrogen-bond acceptors (Lipinski definition) is 3. The summed E-state index contributed by atoms with van der Waals surface area (Å²) in [5, 5.41) is 6.94.